The summed E-state index contributed by atoms with van der Waals surface area (Å²) in [5.74, 6) is 1.54. The number of furan rings is 1. The number of hydrogen-bond acceptors (Lipinski definition) is 4. The zero-order valence-electron chi connectivity index (χ0n) is 17.3. The molecule has 2 saturated heterocycles. The molecule has 3 unspecified atom stereocenters. The van der Waals surface area contributed by atoms with Gasteiger partial charge in [0.1, 0.15) is 5.76 Å². The first-order valence-electron chi connectivity index (χ1n) is 11.2. The van der Waals surface area contributed by atoms with Gasteiger partial charge in [-0.15, -0.1) is 0 Å². The third-order valence-electron chi connectivity index (χ3n) is 7.81. The number of halogens is 1. The Hall–Kier alpha value is -2.18. The number of rotatable bonds is 5. The molecule has 3 aromatic rings. The fraction of sp³-hybridized carbons (Fsp3) is 0.542. The van der Waals surface area contributed by atoms with Crippen LogP contribution >= 0.6 is 0 Å². The van der Waals surface area contributed by atoms with Crippen LogP contribution in [0.25, 0.3) is 22.2 Å². The molecule has 5 nitrogen and oxygen atoms in total. The molecule has 2 saturated carbocycles. The van der Waals surface area contributed by atoms with Gasteiger partial charge < -0.3 is 9.52 Å². The van der Waals surface area contributed by atoms with Gasteiger partial charge in [-0.05, 0) is 69.0 Å². The minimum atomic E-state index is -0.573. The summed E-state index contributed by atoms with van der Waals surface area (Å²) < 4.78 is 18.8. The second kappa shape index (κ2) is 6.66. The van der Waals surface area contributed by atoms with Gasteiger partial charge in [0.25, 0.3) is 6.01 Å². The number of nitrogens with zero attached hydrogens (tertiary/aromatic N) is 2. The van der Waals surface area contributed by atoms with Gasteiger partial charge in [-0.25, -0.2) is 0 Å². The normalized spacial score (nSPS) is 31.6. The van der Waals surface area contributed by atoms with E-state index >= 15 is 0 Å². The Morgan fingerprint density at radius 1 is 1.23 bits per heavy atom. The van der Waals surface area contributed by atoms with E-state index < -0.39 is 11.6 Å². The average molecular weight is 410 g/mol. The largest absolute Gasteiger partial charge is 0.431 e. The minimum Gasteiger partial charge on any atom is -0.431 e. The SMILES string of the molecule is CC(CCN1C2CC3CC1CC(O)(C3)C2)c1[nH]nc2cccc(-c3ccc(F)o3)c12. The Labute approximate surface area is 175 Å². The molecular formula is C24H28FN3O2. The number of aromatic nitrogens is 2. The standard InChI is InChI=1S/C24H28FN3O2/c1-14(7-8-28-16-9-15-10-17(28)13-24(29,11-15)12-16)23-22-18(20-5-6-21(25)30-20)3-2-4-19(22)26-27-23/h2-6,14-17,29H,7-13H2,1H3,(H,26,27). The van der Waals surface area contributed by atoms with Crippen molar-refractivity contribution >= 4 is 10.9 Å². The number of nitrogens with one attached hydrogen (secondary N) is 1. The maximum atomic E-state index is 13.5. The molecule has 2 N–H and O–H groups in total. The Balaban J connectivity index is 1.24. The summed E-state index contributed by atoms with van der Waals surface area (Å²) in [5.41, 5.74) is 2.44. The highest BCUT2D eigenvalue weighted by molar-refractivity contribution is 5.95. The summed E-state index contributed by atoms with van der Waals surface area (Å²) >= 11 is 0. The molecule has 158 valence electrons. The summed E-state index contributed by atoms with van der Waals surface area (Å²) in [6.45, 7) is 3.27. The van der Waals surface area contributed by atoms with E-state index in [2.05, 4.69) is 22.0 Å². The first kappa shape index (κ1) is 18.6. The Morgan fingerprint density at radius 2 is 2.03 bits per heavy atom. The number of H-pyrrole nitrogens is 1. The minimum absolute atomic E-state index is 0.288. The van der Waals surface area contributed by atoms with Gasteiger partial charge in [0.05, 0.1) is 11.1 Å². The van der Waals surface area contributed by atoms with Crippen molar-refractivity contribution in [1.82, 2.24) is 15.1 Å². The molecule has 3 atom stereocenters. The quantitative estimate of drug-likeness (QED) is 0.633. The van der Waals surface area contributed by atoms with Crippen LogP contribution in [0.4, 0.5) is 4.39 Å². The van der Waals surface area contributed by atoms with Crippen LogP contribution in [0.5, 0.6) is 0 Å². The first-order chi connectivity index (χ1) is 14.5. The van der Waals surface area contributed by atoms with Crippen LogP contribution < -0.4 is 0 Å². The molecule has 1 aromatic carbocycles. The van der Waals surface area contributed by atoms with Crippen molar-refractivity contribution < 1.29 is 13.9 Å². The van der Waals surface area contributed by atoms with Crippen LogP contribution in [0, 0.1) is 11.9 Å². The molecule has 0 amide bonds. The van der Waals surface area contributed by atoms with Gasteiger partial charge in [0, 0.05) is 34.8 Å². The summed E-state index contributed by atoms with van der Waals surface area (Å²) in [6.07, 6.45) is 6.41. The molecule has 4 fully saturated rings. The van der Waals surface area contributed by atoms with Crippen LogP contribution in [0.3, 0.4) is 0 Å². The van der Waals surface area contributed by atoms with Gasteiger partial charge >= 0.3 is 0 Å². The molecule has 6 heteroatoms. The maximum Gasteiger partial charge on any atom is 0.278 e. The van der Waals surface area contributed by atoms with Crippen LogP contribution in [0.2, 0.25) is 0 Å². The average Bonchev–Trinajstić information content (AvgIpc) is 3.32. The topological polar surface area (TPSA) is 65.3 Å². The van der Waals surface area contributed by atoms with Crippen molar-refractivity contribution in [2.24, 2.45) is 5.92 Å². The highest BCUT2D eigenvalue weighted by Gasteiger charge is 2.53. The lowest BCUT2D eigenvalue weighted by molar-refractivity contribution is -0.157. The summed E-state index contributed by atoms with van der Waals surface area (Å²) in [6, 6.07) is 9.40. The second-order valence-electron chi connectivity index (χ2n) is 9.85. The fourth-order valence-corrected chi connectivity index (χ4v) is 6.63. The molecule has 2 aromatic heterocycles. The number of fused-ring (bicyclic) bond motifs is 1. The number of benzene rings is 1. The monoisotopic (exact) mass is 409 g/mol. The Morgan fingerprint density at radius 3 is 2.73 bits per heavy atom. The maximum absolute atomic E-state index is 13.5. The van der Waals surface area contributed by atoms with Crippen LogP contribution in [0.1, 0.15) is 57.1 Å². The molecular weight excluding hydrogens is 381 g/mol. The van der Waals surface area contributed by atoms with Gasteiger partial charge in [0.15, 0.2) is 0 Å². The van der Waals surface area contributed by atoms with Gasteiger partial charge in [-0.3, -0.25) is 10.00 Å². The lowest BCUT2D eigenvalue weighted by Crippen LogP contribution is -2.64. The smallest absolute Gasteiger partial charge is 0.278 e. The van der Waals surface area contributed by atoms with Crippen molar-refractivity contribution in [2.75, 3.05) is 6.54 Å². The number of hydrogen-bond donors (Lipinski definition) is 2. The van der Waals surface area contributed by atoms with E-state index in [-0.39, 0.29) is 5.92 Å². The number of aromatic amines is 1. The molecule has 0 radical (unpaired) electrons. The molecule has 4 heterocycles. The van der Waals surface area contributed by atoms with E-state index in [1.54, 1.807) is 6.07 Å². The predicted octanol–water partition coefficient (Wildman–Crippen LogP) is 4.83. The van der Waals surface area contributed by atoms with Crippen molar-refractivity contribution in [2.45, 2.75) is 69.1 Å². The van der Waals surface area contributed by atoms with Crippen LogP contribution in [-0.2, 0) is 0 Å². The summed E-state index contributed by atoms with van der Waals surface area (Å²) in [5, 5.41) is 19.6. The van der Waals surface area contributed by atoms with Crippen molar-refractivity contribution in [3.05, 3.63) is 42.0 Å². The highest BCUT2D eigenvalue weighted by atomic mass is 19.1. The summed E-state index contributed by atoms with van der Waals surface area (Å²) in [4.78, 5) is 2.67. The molecule has 4 aliphatic rings. The van der Waals surface area contributed by atoms with E-state index in [1.165, 1.54) is 18.9 Å². The lowest BCUT2D eigenvalue weighted by Gasteiger charge is -2.60. The molecule has 0 spiro atoms. The van der Waals surface area contributed by atoms with E-state index in [1.807, 2.05) is 18.2 Å². The third-order valence-corrected chi connectivity index (χ3v) is 7.81. The molecule has 30 heavy (non-hydrogen) atoms. The Bertz CT molecular complexity index is 1070. The zero-order valence-corrected chi connectivity index (χ0v) is 17.3. The molecule has 4 bridgehead atoms. The second-order valence-corrected chi connectivity index (χ2v) is 9.85. The van der Waals surface area contributed by atoms with Gasteiger partial charge in [-0.1, -0.05) is 19.1 Å². The molecule has 2 aliphatic carbocycles. The van der Waals surface area contributed by atoms with Gasteiger partial charge in [0.2, 0.25) is 0 Å². The highest BCUT2D eigenvalue weighted by Crippen LogP contribution is 2.51. The van der Waals surface area contributed by atoms with Crippen molar-refractivity contribution in [3.63, 3.8) is 0 Å². The fourth-order valence-electron chi connectivity index (χ4n) is 6.63. The molecule has 7 rings (SSSR count). The zero-order chi connectivity index (χ0) is 20.5. The molecule has 2 aliphatic heterocycles. The third kappa shape index (κ3) is 2.92. The van der Waals surface area contributed by atoms with E-state index in [4.69, 9.17) is 4.42 Å². The van der Waals surface area contributed by atoms with Crippen LogP contribution in [0.15, 0.2) is 34.7 Å². The van der Waals surface area contributed by atoms with E-state index in [9.17, 15) is 9.50 Å². The van der Waals surface area contributed by atoms with E-state index in [0.717, 1.165) is 54.4 Å². The Kier molecular flexibility index (Phi) is 4.12. The summed E-state index contributed by atoms with van der Waals surface area (Å²) in [7, 11) is 0. The first-order valence-corrected chi connectivity index (χ1v) is 11.2. The van der Waals surface area contributed by atoms with Gasteiger partial charge in [-0.2, -0.15) is 9.49 Å². The van der Waals surface area contributed by atoms with Crippen molar-refractivity contribution in [3.8, 4) is 11.3 Å². The predicted molar refractivity (Wildman–Crippen MR) is 113 cm³/mol. The van der Waals surface area contributed by atoms with Crippen LogP contribution in [-0.4, -0.2) is 44.4 Å². The number of piperidine rings is 2. The van der Waals surface area contributed by atoms with E-state index in [0.29, 0.717) is 23.8 Å². The number of aliphatic hydroxyl groups is 1. The lowest BCUT2D eigenvalue weighted by atomic mass is 9.61. The van der Waals surface area contributed by atoms with Crippen molar-refractivity contribution in [1.29, 1.82) is 0 Å².